The van der Waals surface area contributed by atoms with E-state index in [2.05, 4.69) is 24.3 Å². The largest absolute Gasteiger partial charge is 0.492 e. The van der Waals surface area contributed by atoms with Gasteiger partial charge in [-0.25, -0.2) is 0 Å². The number of nitrogens with zero attached hydrogens (tertiary/aromatic N) is 2. The van der Waals surface area contributed by atoms with Crippen LogP contribution >= 0.6 is 0 Å². The number of aryl methyl sites for hydroxylation is 1. The Morgan fingerprint density at radius 1 is 1.21 bits per heavy atom. The first kappa shape index (κ1) is 13.6. The van der Waals surface area contributed by atoms with E-state index in [9.17, 15) is 0 Å². The fourth-order valence-corrected chi connectivity index (χ4v) is 2.09. The van der Waals surface area contributed by atoms with Crippen molar-refractivity contribution in [1.29, 1.82) is 0 Å². The van der Waals surface area contributed by atoms with Crippen LogP contribution in [-0.4, -0.2) is 22.9 Å². The maximum Gasteiger partial charge on any atom is 0.119 e. The molecule has 0 aliphatic rings. The van der Waals surface area contributed by atoms with Gasteiger partial charge in [0.05, 0.1) is 11.7 Å². The van der Waals surface area contributed by atoms with Crippen LogP contribution in [0.4, 0.5) is 0 Å². The van der Waals surface area contributed by atoms with E-state index in [4.69, 9.17) is 4.74 Å². The summed E-state index contributed by atoms with van der Waals surface area (Å²) in [6, 6.07) is 12.1. The summed E-state index contributed by atoms with van der Waals surface area (Å²) >= 11 is 0. The minimum atomic E-state index is 0.160. The van der Waals surface area contributed by atoms with E-state index in [0.29, 0.717) is 6.61 Å². The number of ether oxygens (including phenoxy) is 1. The van der Waals surface area contributed by atoms with Crippen LogP contribution in [0.2, 0.25) is 0 Å². The van der Waals surface area contributed by atoms with Crippen molar-refractivity contribution in [2.45, 2.75) is 26.4 Å². The van der Waals surface area contributed by atoms with Gasteiger partial charge in [0.2, 0.25) is 0 Å². The molecule has 0 aliphatic heterocycles. The molecule has 0 radical (unpaired) electrons. The van der Waals surface area contributed by atoms with Crippen LogP contribution < -0.4 is 10.1 Å². The Hall–Kier alpha value is -1.81. The average Bonchev–Trinajstić information content (AvgIpc) is 2.93. The monoisotopic (exact) mass is 259 g/mol. The Balaban J connectivity index is 2.04. The number of rotatable bonds is 7. The molecule has 2 rings (SSSR count). The van der Waals surface area contributed by atoms with Gasteiger partial charge >= 0.3 is 0 Å². The van der Waals surface area contributed by atoms with E-state index >= 15 is 0 Å². The van der Waals surface area contributed by atoms with Gasteiger partial charge in [0.25, 0.3) is 0 Å². The number of para-hydroxylation sites is 1. The molecule has 1 N–H and O–H groups in total. The Bertz CT molecular complexity index is 481. The average molecular weight is 259 g/mol. The lowest BCUT2D eigenvalue weighted by atomic mass is 10.2. The number of aromatic nitrogens is 2. The molecule has 4 heteroatoms. The highest BCUT2D eigenvalue weighted by Gasteiger charge is 2.15. The lowest BCUT2D eigenvalue weighted by Gasteiger charge is -2.19. The smallest absolute Gasteiger partial charge is 0.119 e. The van der Waals surface area contributed by atoms with Crippen molar-refractivity contribution < 1.29 is 4.74 Å². The molecule has 1 aromatic heterocycles. The predicted octanol–water partition coefficient (Wildman–Crippen LogP) is 2.63. The molecule has 4 nitrogen and oxygen atoms in total. The Morgan fingerprint density at radius 2 is 2.00 bits per heavy atom. The normalized spacial score (nSPS) is 12.3. The molecule has 0 fully saturated rings. The molecule has 1 heterocycles. The first-order chi connectivity index (χ1) is 9.35. The summed E-state index contributed by atoms with van der Waals surface area (Å²) in [7, 11) is 0. The van der Waals surface area contributed by atoms with Crippen molar-refractivity contribution in [2.24, 2.45) is 0 Å². The lowest BCUT2D eigenvalue weighted by molar-refractivity contribution is 0.261. The zero-order chi connectivity index (χ0) is 13.5. The summed E-state index contributed by atoms with van der Waals surface area (Å²) in [5.74, 6) is 0.896. The molecule has 0 amide bonds. The van der Waals surface area contributed by atoms with E-state index in [-0.39, 0.29) is 6.04 Å². The van der Waals surface area contributed by atoms with E-state index < -0.39 is 0 Å². The molecule has 0 bridgehead atoms. The fourth-order valence-electron chi connectivity index (χ4n) is 2.09. The van der Waals surface area contributed by atoms with Crippen LogP contribution in [0.5, 0.6) is 5.75 Å². The molecular formula is C15H21N3O. The van der Waals surface area contributed by atoms with Gasteiger partial charge in [0.15, 0.2) is 0 Å². The Morgan fingerprint density at radius 3 is 2.68 bits per heavy atom. The summed E-state index contributed by atoms with van der Waals surface area (Å²) < 4.78 is 7.84. The third kappa shape index (κ3) is 3.58. The van der Waals surface area contributed by atoms with E-state index in [1.165, 1.54) is 5.69 Å². The summed E-state index contributed by atoms with van der Waals surface area (Å²) in [6.07, 6.45) is 1.84. The van der Waals surface area contributed by atoms with Crippen molar-refractivity contribution in [1.82, 2.24) is 15.1 Å². The van der Waals surface area contributed by atoms with Gasteiger partial charge in [-0.1, -0.05) is 25.1 Å². The third-order valence-corrected chi connectivity index (χ3v) is 3.02. The first-order valence-electron chi connectivity index (χ1n) is 6.78. The number of benzene rings is 1. The van der Waals surface area contributed by atoms with Gasteiger partial charge in [-0.3, -0.25) is 4.68 Å². The topological polar surface area (TPSA) is 39.1 Å². The number of likely N-dealkylation sites (N-methyl/N-ethyl adjacent to an activating group) is 1. The maximum absolute atomic E-state index is 5.84. The van der Waals surface area contributed by atoms with Crippen molar-refractivity contribution in [3.05, 3.63) is 48.3 Å². The molecule has 0 saturated carbocycles. The van der Waals surface area contributed by atoms with Crippen molar-refractivity contribution >= 4 is 0 Å². The molecule has 2 aromatic rings. The summed E-state index contributed by atoms with van der Waals surface area (Å²) in [6.45, 7) is 6.57. The zero-order valence-electron chi connectivity index (χ0n) is 11.5. The van der Waals surface area contributed by atoms with Gasteiger partial charge in [-0.05, 0) is 31.7 Å². The highest BCUT2D eigenvalue weighted by atomic mass is 16.5. The van der Waals surface area contributed by atoms with Gasteiger partial charge < -0.3 is 10.1 Å². The maximum atomic E-state index is 5.84. The molecule has 0 saturated heterocycles. The highest BCUT2D eigenvalue weighted by molar-refractivity contribution is 5.21. The van der Waals surface area contributed by atoms with Crippen LogP contribution in [-0.2, 0) is 6.54 Å². The molecule has 102 valence electrons. The summed E-state index contributed by atoms with van der Waals surface area (Å²) in [5, 5.41) is 7.76. The molecule has 19 heavy (non-hydrogen) atoms. The van der Waals surface area contributed by atoms with Crippen LogP contribution in [0.15, 0.2) is 42.6 Å². The highest BCUT2D eigenvalue weighted by Crippen LogP contribution is 2.16. The molecule has 0 aliphatic carbocycles. The van der Waals surface area contributed by atoms with Crippen molar-refractivity contribution in [2.75, 3.05) is 13.2 Å². The second-order valence-electron chi connectivity index (χ2n) is 4.31. The Labute approximate surface area is 114 Å². The minimum Gasteiger partial charge on any atom is -0.492 e. The second kappa shape index (κ2) is 6.95. The van der Waals surface area contributed by atoms with Gasteiger partial charge in [-0.15, -0.1) is 0 Å². The predicted molar refractivity (Wildman–Crippen MR) is 76.3 cm³/mol. The summed E-state index contributed by atoms with van der Waals surface area (Å²) in [5.41, 5.74) is 1.17. The van der Waals surface area contributed by atoms with E-state index in [0.717, 1.165) is 18.8 Å². The van der Waals surface area contributed by atoms with Gasteiger partial charge in [0, 0.05) is 12.7 Å². The molecule has 1 aromatic carbocycles. The summed E-state index contributed by atoms with van der Waals surface area (Å²) in [4.78, 5) is 0. The van der Waals surface area contributed by atoms with Gasteiger partial charge in [0.1, 0.15) is 12.4 Å². The lowest BCUT2D eigenvalue weighted by Crippen LogP contribution is -2.28. The molecule has 0 spiro atoms. The SMILES string of the molecule is CCNC(COc1ccccc1)c1ccnn1CC. The van der Waals surface area contributed by atoms with E-state index in [1.54, 1.807) is 0 Å². The van der Waals surface area contributed by atoms with Crippen LogP contribution in [0.3, 0.4) is 0 Å². The van der Waals surface area contributed by atoms with Crippen LogP contribution in [0, 0.1) is 0 Å². The second-order valence-corrected chi connectivity index (χ2v) is 4.31. The van der Waals surface area contributed by atoms with Crippen molar-refractivity contribution in [3.63, 3.8) is 0 Å². The van der Waals surface area contributed by atoms with Crippen LogP contribution in [0.25, 0.3) is 0 Å². The number of hydrogen-bond acceptors (Lipinski definition) is 3. The van der Waals surface area contributed by atoms with Crippen molar-refractivity contribution in [3.8, 4) is 5.75 Å². The van der Waals surface area contributed by atoms with E-state index in [1.807, 2.05) is 47.3 Å². The molecular weight excluding hydrogens is 238 g/mol. The van der Waals surface area contributed by atoms with Gasteiger partial charge in [-0.2, -0.15) is 5.10 Å². The molecule has 1 unspecified atom stereocenters. The molecule has 1 atom stereocenters. The third-order valence-electron chi connectivity index (χ3n) is 3.02. The fraction of sp³-hybridized carbons (Fsp3) is 0.400. The van der Waals surface area contributed by atoms with Crippen LogP contribution in [0.1, 0.15) is 25.6 Å². The zero-order valence-corrected chi connectivity index (χ0v) is 11.5. The standard InChI is InChI=1S/C15H21N3O/c1-3-16-14(15-10-11-17-18(15)4-2)12-19-13-8-6-5-7-9-13/h5-11,14,16H,3-4,12H2,1-2H3. The quantitative estimate of drug-likeness (QED) is 0.831. The first-order valence-corrected chi connectivity index (χ1v) is 6.78. The number of hydrogen-bond donors (Lipinski definition) is 1. The minimum absolute atomic E-state index is 0.160. The Kier molecular flexibility index (Phi) is 4.98. The number of nitrogens with one attached hydrogen (secondary N) is 1.